The van der Waals surface area contributed by atoms with Crippen LogP contribution in [-0.2, 0) is 18.3 Å². The molecule has 7 nitrogen and oxygen atoms in total. The highest BCUT2D eigenvalue weighted by Crippen LogP contribution is 2.45. The van der Waals surface area contributed by atoms with Crippen molar-refractivity contribution in [1.82, 2.24) is 25.1 Å². The quantitative estimate of drug-likeness (QED) is 0.853. The predicted octanol–water partition coefficient (Wildman–Crippen LogP) is 2.36. The molecule has 0 bridgehead atoms. The Labute approximate surface area is 163 Å². The average Bonchev–Trinajstić information content (AvgIpc) is 3.41. The van der Waals surface area contributed by atoms with Crippen molar-refractivity contribution in [3.8, 4) is 0 Å². The van der Waals surface area contributed by atoms with Gasteiger partial charge in [0.25, 0.3) is 11.5 Å². The smallest absolute Gasteiger partial charge is 0.274 e. The minimum atomic E-state index is -0.182. The van der Waals surface area contributed by atoms with E-state index in [9.17, 15) is 9.59 Å². The molecule has 1 aliphatic heterocycles. The first-order valence-corrected chi connectivity index (χ1v) is 10.5. The molecule has 0 radical (unpaired) electrons. The highest BCUT2D eigenvalue weighted by molar-refractivity contribution is 5.94. The van der Waals surface area contributed by atoms with E-state index < -0.39 is 0 Å². The molecule has 2 N–H and O–H groups in total. The van der Waals surface area contributed by atoms with Gasteiger partial charge in [-0.25, -0.2) is 4.98 Å². The summed E-state index contributed by atoms with van der Waals surface area (Å²) in [6.07, 6.45) is 6.63. The molecule has 2 fully saturated rings. The Morgan fingerprint density at radius 1 is 1.32 bits per heavy atom. The van der Waals surface area contributed by atoms with Gasteiger partial charge in [-0.15, -0.1) is 0 Å². The van der Waals surface area contributed by atoms with Crippen LogP contribution in [0.1, 0.15) is 83.8 Å². The number of carbonyl (C=O) groups is 1. The minimum Gasteiger partial charge on any atom is -0.336 e. The fraction of sp³-hybridized carbons (Fsp3) is 0.619. The van der Waals surface area contributed by atoms with Gasteiger partial charge in [-0.2, -0.15) is 5.10 Å². The maximum atomic E-state index is 13.2. The van der Waals surface area contributed by atoms with Crippen LogP contribution in [0.15, 0.2) is 4.79 Å². The zero-order valence-electron chi connectivity index (χ0n) is 16.6. The highest BCUT2D eigenvalue weighted by Gasteiger charge is 2.46. The third-order valence-electron chi connectivity index (χ3n) is 6.88. The molecule has 1 amide bonds. The molecule has 1 unspecified atom stereocenters. The van der Waals surface area contributed by atoms with Gasteiger partial charge in [-0.1, -0.05) is 6.92 Å². The second-order valence-corrected chi connectivity index (χ2v) is 8.69. The van der Waals surface area contributed by atoms with E-state index >= 15 is 0 Å². The van der Waals surface area contributed by atoms with Gasteiger partial charge in [0.1, 0.15) is 5.82 Å². The Balaban J connectivity index is 1.47. The largest absolute Gasteiger partial charge is 0.336 e. The fourth-order valence-electron chi connectivity index (χ4n) is 5.06. The van der Waals surface area contributed by atoms with Crippen LogP contribution < -0.4 is 5.56 Å². The van der Waals surface area contributed by atoms with E-state index in [1.54, 1.807) is 0 Å². The summed E-state index contributed by atoms with van der Waals surface area (Å²) >= 11 is 0. The molecule has 0 aromatic carbocycles. The summed E-state index contributed by atoms with van der Waals surface area (Å²) in [5.41, 5.74) is 4.14. The standard InChI is InChI=1S/C21H27N5O2/c1-3-15-12(2)16(25-24-15)20(28)26-10-4-8-21(11-26)9-7-14-17(21)22-18(13-5-6-13)23-19(14)27/h13H,3-11H2,1-2H3,(H,24,25)(H,22,23,27). The van der Waals surface area contributed by atoms with Crippen molar-refractivity contribution in [2.75, 3.05) is 13.1 Å². The Hall–Kier alpha value is -2.44. The number of amides is 1. The molecule has 2 aromatic rings. The van der Waals surface area contributed by atoms with Gasteiger partial charge in [-0.3, -0.25) is 14.7 Å². The maximum Gasteiger partial charge on any atom is 0.274 e. The van der Waals surface area contributed by atoms with E-state index in [1.165, 1.54) is 0 Å². The number of piperidine rings is 1. The van der Waals surface area contributed by atoms with Crippen LogP contribution in [0.4, 0.5) is 0 Å². The van der Waals surface area contributed by atoms with Crippen LogP contribution in [0, 0.1) is 6.92 Å². The van der Waals surface area contributed by atoms with Crippen LogP contribution >= 0.6 is 0 Å². The lowest BCUT2D eigenvalue weighted by atomic mass is 9.77. The molecule has 1 spiro atoms. The summed E-state index contributed by atoms with van der Waals surface area (Å²) in [7, 11) is 0. The predicted molar refractivity (Wildman–Crippen MR) is 105 cm³/mol. The van der Waals surface area contributed by atoms with Crippen LogP contribution in [0.2, 0.25) is 0 Å². The molecule has 148 valence electrons. The molecule has 2 aromatic heterocycles. The summed E-state index contributed by atoms with van der Waals surface area (Å²) in [4.78, 5) is 35.7. The van der Waals surface area contributed by atoms with E-state index in [2.05, 4.69) is 22.1 Å². The molecule has 1 atom stereocenters. The van der Waals surface area contributed by atoms with E-state index in [0.29, 0.717) is 18.2 Å². The molecule has 1 saturated carbocycles. The van der Waals surface area contributed by atoms with Crippen LogP contribution in [-0.4, -0.2) is 44.1 Å². The number of H-pyrrole nitrogens is 2. The Morgan fingerprint density at radius 3 is 2.86 bits per heavy atom. The topological polar surface area (TPSA) is 94.7 Å². The summed E-state index contributed by atoms with van der Waals surface area (Å²) in [6.45, 7) is 5.39. The van der Waals surface area contributed by atoms with Gasteiger partial charge in [-0.05, 0) is 51.9 Å². The molecule has 3 heterocycles. The molecule has 3 aliphatic rings. The molecule has 1 saturated heterocycles. The van der Waals surface area contributed by atoms with Crippen molar-refractivity contribution in [2.24, 2.45) is 0 Å². The molecule has 5 rings (SSSR count). The Bertz CT molecular complexity index is 1000. The molecule has 7 heteroatoms. The number of nitrogens with one attached hydrogen (secondary N) is 2. The van der Waals surface area contributed by atoms with Crippen molar-refractivity contribution in [2.45, 2.75) is 70.1 Å². The summed E-state index contributed by atoms with van der Waals surface area (Å²) in [5, 5.41) is 7.29. The molecular weight excluding hydrogens is 354 g/mol. The molecular formula is C21H27N5O2. The first-order chi connectivity index (χ1) is 13.5. The number of hydrogen-bond acceptors (Lipinski definition) is 4. The van der Waals surface area contributed by atoms with Crippen molar-refractivity contribution in [3.05, 3.63) is 44.4 Å². The number of aryl methyl sites for hydroxylation is 1. The number of carbonyl (C=O) groups excluding carboxylic acids is 1. The number of aromatic nitrogens is 4. The van der Waals surface area contributed by atoms with Crippen LogP contribution in [0.5, 0.6) is 0 Å². The van der Waals surface area contributed by atoms with Gasteiger partial charge >= 0.3 is 0 Å². The maximum absolute atomic E-state index is 13.2. The number of hydrogen-bond donors (Lipinski definition) is 2. The van der Waals surface area contributed by atoms with Gasteiger partial charge in [0, 0.05) is 41.2 Å². The second-order valence-electron chi connectivity index (χ2n) is 8.69. The van der Waals surface area contributed by atoms with Gasteiger partial charge in [0.05, 0.1) is 5.69 Å². The number of likely N-dealkylation sites (tertiary alicyclic amines) is 1. The van der Waals surface area contributed by atoms with Crippen LogP contribution in [0.3, 0.4) is 0 Å². The first-order valence-electron chi connectivity index (χ1n) is 10.5. The van der Waals surface area contributed by atoms with E-state index in [-0.39, 0.29) is 16.9 Å². The Kier molecular flexibility index (Phi) is 3.96. The normalized spacial score (nSPS) is 24.0. The minimum absolute atomic E-state index is 0.00627. The van der Waals surface area contributed by atoms with Crippen molar-refractivity contribution in [1.29, 1.82) is 0 Å². The van der Waals surface area contributed by atoms with E-state index in [1.807, 2.05) is 11.8 Å². The first kappa shape index (κ1) is 17.6. The van der Waals surface area contributed by atoms with Gasteiger partial charge in [0.2, 0.25) is 0 Å². The van der Waals surface area contributed by atoms with E-state index in [4.69, 9.17) is 4.98 Å². The lowest BCUT2D eigenvalue weighted by molar-refractivity contribution is 0.0626. The van der Waals surface area contributed by atoms with Crippen LogP contribution in [0.25, 0.3) is 0 Å². The number of rotatable bonds is 3. The van der Waals surface area contributed by atoms with Crippen molar-refractivity contribution >= 4 is 5.91 Å². The molecule has 2 aliphatic carbocycles. The van der Waals surface area contributed by atoms with Crippen molar-refractivity contribution < 1.29 is 4.79 Å². The Morgan fingerprint density at radius 2 is 2.14 bits per heavy atom. The fourth-order valence-corrected chi connectivity index (χ4v) is 5.06. The zero-order valence-corrected chi connectivity index (χ0v) is 16.6. The zero-order chi connectivity index (χ0) is 19.5. The lowest BCUT2D eigenvalue weighted by Crippen LogP contribution is -2.48. The highest BCUT2D eigenvalue weighted by atomic mass is 16.2. The van der Waals surface area contributed by atoms with Gasteiger partial charge in [0.15, 0.2) is 5.69 Å². The monoisotopic (exact) mass is 381 g/mol. The molecule has 28 heavy (non-hydrogen) atoms. The third kappa shape index (κ3) is 2.63. The number of aromatic amines is 2. The lowest BCUT2D eigenvalue weighted by Gasteiger charge is -2.40. The second kappa shape index (κ2) is 6.29. The third-order valence-corrected chi connectivity index (χ3v) is 6.88. The number of nitrogens with zero attached hydrogens (tertiary/aromatic N) is 3. The SMILES string of the molecule is CCc1[nH]nc(C(=O)N2CCCC3(CCc4c3nc(C3CC3)[nH]c4=O)C2)c1C. The van der Waals surface area contributed by atoms with E-state index in [0.717, 1.165) is 79.8 Å². The summed E-state index contributed by atoms with van der Waals surface area (Å²) in [5.74, 6) is 1.26. The summed E-state index contributed by atoms with van der Waals surface area (Å²) < 4.78 is 0. The van der Waals surface area contributed by atoms with Crippen molar-refractivity contribution in [3.63, 3.8) is 0 Å². The summed E-state index contributed by atoms with van der Waals surface area (Å²) in [6, 6.07) is 0. The van der Waals surface area contributed by atoms with Gasteiger partial charge < -0.3 is 9.88 Å². The number of fused-ring (bicyclic) bond motifs is 2. The average molecular weight is 381 g/mol.